The number of likely N-dealkylation sites (tertiary alicyclic amines) is 1. The zero-order valence-corrected chi connectivity index (χ0v) is 18.5. The van der Waals surface area contributed by atoms with Gasteiger partial charge in [-0.1, -0.05) is 30.3 Å². The number of nitrogens with one attached hydrogen (secondary N) is 1. The van der Waals surface area contributed by atoms with Gasteiger partial charge in [0.15, 0.2) is 0 Å². The van der Waals surface area contributed by atoms with E-state index in [2.05, 4.69) is 43.4 Å². The van der Waals surface area contributed by atoms with Crippen LogP contribution in [0.5, 0.6) is 0 Å². The quantitative estimate of drug-likeness (QED) is 0.727. The van der Waals surface area contributed by atoms with Crippen LogP contribution in [0, 0.1) is 17.3 Å². The van der Waals surface area contributed by atoms with Crippen molar-refractivity contribution in [1.82, 2.24) is 10.2 Å². The molecule has 0 aromatic heterocycles. The minimum Gasteiger partial charge on any atom is -0.376 e. The molecule has 2 amide bonds. The van der Waals surface area contributed by atoms with Crippen LogP contribution in [0.3, 0.4) is 0 Å². The topological polar surface area (TPSA) is 58.6 Å². The third kappa shape index (κ3) is 4.88. The highest BCUT2D eigenvalue weighted by molar-refractivity contribution is 5.83. The summed E-state index contributed by atoms with van der Waals surface area (Å²) in [5.41, 5.74) is 1.27. The number of carbonyl (C=O) groups is 2. The molecular formula is C25H36N2O3. The maximum absolute atomic E-state index is 13.0. The lowest BCUT2D eigenvalue weighted by Gasteiger charge is -2.39. The summed E-state index contributed by atoms with van der Waals surface area (Å²) in [4.78, 5) is 27.6. The number of piperidine rings is 1. The molecular weight excluding hydrogens is 376 g/mol. The molecule has 0 radical (unpaired) electrons. The van der Waals surface area contributed by atoms with Gasteiger partial charge in [0.1, 0.15) is 0 Å². The first-order chi connectivity index (χ1) is 14.4. The van der Waals surface area contributed by atoms with E-state index in [9.17, 15) is 9.59 Å². The fourth-order valence-electron chi connectivity index (χ4n) is 5.42. The highest BCUT2D eigenvalue weighted by atomic mass is 16.5. The molecule has 1 aliphatic carbocycles. The number of amides is 2. The summed E-state index contributed by atoms with van der Waals surface area (Å²) in [5.74, 6) is 0.747. The van der Waals surface area contributed by atoms with Crippen LogP contribution in [0.25, 0.3) is 0 Å². The van der Waals surface area contributed by atoms with Crippen LogP contribution >= 0.6 is 0 Å². The molecule has 4 rings (SSSR count). The molecule has 1 N–H and O–H groups in total. The lowest BCUT2D eigenvalue weighted by Crippen LogP contribution is -2.47. The number of ether oxygens (including phenoxy) is 1. The Balaban J connectivity index is 1.18. The first kappa shape index (κ1) is 21.4. The van der Waals surface area contributed by atoms with Crippen molar-refractivity contribution < 1.29 is 14.3 Å². The highest BCUT2D eigenvalue weighted by Gasteiger charge is 2.58. The minimum atomic E-state index is -0.199. The molecule has 2 aliphatic heterocycles. The van der Waals surface area contributed by atoms with Gasteiger partial charge in [-0.3, -0.25) is 9.59 Å². The van der Waals surface area contributed by atoms with Crippen LogP contribution < -0.4 is 5.32 Å². The van der Waals surface area contributed by atoms with E-state index in [0.717, 1.165) is 64.6 Å². The van der Waals surface area contributed by atoms with Crippen molar-refractivity contribution in [1.29, 1.82) is 0 Å². The third-order valence-corrected chi connectivity index (χ3v) is 7.41. The molecule has 5 heteroatoms. The number of benzene rings is 1. The van der Waals surface area contributed by atoms with Crippen molar-refractivity contribution in [2.75, 3.05) is 26.2 Å². The van der Waals surface area contributed by atoms with E-state index in [1.165, 1.54) is 5.56 Å². The van der Waals surface area contributed by atoms with Crippen molar-refractivity contribution >= 4 is 11.8 Å². The van der Waals surface area contributed by atoms with Crippen LogP contribution in [0.2, 0.25) is 0 Å². The van der Waals surface area contributed by atoms with Gasteiger partial charge in [-0.15, -0.1) is 0 Å². The lowest BCUT2D eigenvalue weighted by molar-refractivity contribution is -0.147. The van der Waals surface area contributed by atoms with Crippen LogP contribution in [0.4, 0.5) is 0 Å². The van der Waals surface area contributed by atoms with Gasteiger partial charge < -0.3 is 15.0 Å². The van der Waals surface area contributed by atoms with Crippen LogP contribution in [0.15, 0.2) is 30.3 Å². The molecule has 0 unspecified atom stereocenters. The van der Waals surface area contributed by atoms with Crippen LogP contribution in [0.1, 0.15) is 57.9 Å². The van der Waals surface area contributed by atoms with E-state index in [-0.39, 0.29) is 28.8 Å². The number of nitrogens with zero attached hydrogens (tertiary/aromatic N) is 1. The smallest absolute Gasteiger partial charge is 0.225 e. The Kier molecular flexibility index (Phi) is 6.19. The van der Waals surface area contributed by atoms with E-state index < -0.39 is 0 Å². The standard InChI is InChI=1S/C25H36N2O3/c1-24(2)17-20(10-16-30-24)23(29)27-14-11-25(12-15-27)18-21(25)22(28)26-13-6-9-19-7-4-3-5-8-19/h3-5,7-8,20-21H,6,9-18H2,1-2H3,(H,26,28)/t20-,21-/m1/s1. The predicted molar refractivity (Wildman–Crippen MR) is 117 cm³/mol. The van der Waals surface area contributed by atoms with Gasteiger partial charge in [-0.25, -0.2) is 0 Å². The second-order valence-electron chi connectivity index (χ2n) is 10.1. The number of hydrogen-bond acceptors (Lipinski definition) is 3. The summed E-state index contributed by atoms with van der Waals surface area (Å²) in [6.07, 6.45) is 6.53. The van der Waals surface area contributed by atoms with Crippen molar-refractivity contribution in [3.05, 3.63) is 35.9 Å². The number of carbonyl (C=O) groups excluding carboxylic acids is 2. The maximum Gasteiger partial charge on any atom is 0.225 e. The van der Waals surface area contributed by atoms with E-state index in [1.54, 1.807) is 0 Å². The minimum absolute atomic E-state index is 0.0886. The largest absolute Gasteiger partial charge is 0.376 e. The number of hydrogen-bond donors (Lipinski definition) is 1. The average Bonchev–Trinajstić information content (AvgIpc) is 3.44. The normalized spacial score (nSPS) is 26.9. The van der Waals surface area contributed by atoms with Gasteiger partial charge in [-0.05, 0) is 69.8 Å². The zero-order valence-electron chi connectivity index (χ0n) is 18.5. The Morgan fingerprint density at radius 2 is 1.87 bits per heavy atom. The number of aryl methyl sites for hydroxylation is 1. The molecule has 2 atom stereocenters. The van der Waals surface area contributed by atoms with E-state index >= 15 is 0 Å². The molecule has 1 spiro atoms. The molecule has 5 nitrogen and oxygen atoms in total. The molecule has 1 aromatic rings. The zero-order chi connectivity index (χ0) is 21.2. The third-order valence-electron chi connectivity index (χ3n) is 7.41. The molecule has 164 valence electrons. The monoisotopic (exact) mass is 412 g/mol. The van der Waals surface area contributed by atoms with Gasteiger partial charge in [0.25, 0.3) is 0 Å². The fraction of sp³-hybridized carbons (Fsp3) is 0.680. The Morgan fingerprint density at radius 3 is 2.57 bits per heavy atom. The summed E-state index contributed by atoms with van der Waals surface area (Å²) in [7, 11) is 0. The fourth-order valence-corrected chi connectivity index (χ4v) is 5.42. The van der Waals surface area contributed by atoms with Crippen molar-refractivity contribution in [2.24, 2.45) is 17.3 Å². The van der Waals surface area contributed by atoms with Gasteiger partial charge in [-0.2, -0.15) is 0 Å². The molecule has 30 heavy (non-hydrogen) atoms. The van der Waals surface area contributed by atoms with E-state index in [1.807, 2.05) is 11.0 Å². The molecule has 1 saturated carbocycles. The summed E-state index contributed by atoms with van der Waals surface area (Å²) < 4.78 is 5.77. The van der Waals surface area contributed by atoms with Crippen LogP contribution in [-0.2, 0) is 20.7 Å². The van der Waals surface area contributed by atoms with E-state index in [4.69, 9.17) is 4.74 Å². The molecule has 2 saturated heterocycles. The van der Waals surface area contributed by atoms with Gasteiger partial charge in [0, 0.05) is 38.1 Å². The van der Waals surface area contributed by atoms with Gasteiger partial charge in [0.05, 0.1) is 5.60 Å². The highest BCUT2D eigenvalue weighted by Crippen LogP contribution is 2.59. The van der Waals surface area contributed by atoms with Gasteiger partial charge >= 0.3 is 0 Å². The van der Waals surface area contributed by atoms with Crippen molar-refractivity contribution in [3.63, 3.8) is 0 Å². The van der Waals surface area contributed by atoms with Crippen LogP contribution in [-0.4, -0.2) is 48.6 Å². The SMILES string of the molecule is CC1(C)C[C@H](C(=O)N2CCC3(CC2)C[C@@H]3C(=O)NCCCc2ccccc2)CCO1. The lowest BCUT2D eigenvalue weighted by atomic mass is 9.85. The van der Waals surface area contributed by atoms with E-state index in [0.29, 0.717) is 12.5 Å². The molecule has 1 aromatic carbocycles. The van der Waals surface area contributed by atoms with Gasteiger partial charge in [0.2, 0.25) is 11.8 Å². The Hall–Kier alpha value is -1.88. The average molecular weight is 413 g/mol. The molecule has 2 heterocycles. The Morgan fingerprint density at radius 1 is 1.13 bits per heavy atom. The maximum atomic E-state index is 13.0. The number of rotatable bonds is 6. The first-order valence-electron chi connectivity index (χ1n) is 11.6. The summed E-state index contributed by atoms with van der Waals surface area (Å²) in [6, 6.07) is 10.4. The molecule has 3 fully saturated rings. The molecule has 3 aliphatic rings. The molecule has 0 bridgehead atoms. The van der Waals surface area contributed by atoms with Crippen molar-refractivity contribution in [2.45, 2.75) is 64.4 Å². The Bertz CT molecular complexity index is 753. The predicted octanol–water partition coefficient (Wildman–Crippen LogP) is 3.57. The summed E-state index contributed by atoms with van der Waals surface area (Å²) in [5, 5.41) is 3.15. The Labute approximate surface area is 180 Å². The summed E-state index contributed by atoms with van der Waals surface area (Å²) >= 11 is 0. The summed E-state index contributed by atoms with van der Waals surface area (Å²) in [6.45, 7) is 7.16. The van der Waals surface area contributed by atoms with Crippen molar-refractivity contribution in [3.8, 4) is 0 Å². The first-order valence-corrected chi connectivity index (χ1v) is 11.6. The second kappa shape index (κ2) is 8.70. The second-order valence-corrected chi connectivity index (χ2v) is 10.1.